The van der Waals surface area contributed by atoms with Gasteiger partial charge in [-0.05, 0) is 99.5 Å². The van der Waals surface area contributed by atoms with Crippen LogP contribution in [0, 0.1) is 11.8 Å². The zero-order valence-electron chi connectivity index (χ0n) is 26.8. The Morgan fingerprint density at radius 1 is 1.24 bits per heavy atom. The van der Waals surface area contributed by atoms with Gasteiger partial charge in [-0.25, -0.2) is 13.4 Å². The Labute approximate surface area is 268 Å². The van der Waals surface area contributed by atoms with Crippen molar-refractivity contribution < 1.29 is 23.1 Å². The molecule has 9 heteroatoms. The van der Waals surface area contributed by atoms with Gasteiger partial charge in [0, 0.05) is 29.8 Å². The fraction of sp³-hybridized carbons (Fsp3) is 0.556. The highest BCUT2D eigenvalue weighted by molar-refractivity contribution is 7.92. The average Bonchev–Trinajstić information content (AvgIpc) is 3.16. The number of hydrogen-bond acceptors (Lipinski definition) is 7. The van der Waals surface area contributed by atoms with E-state index in [1.165, 1.54) is 0 Å². The van der Waals surface area contributed by atoms with Gasteiger partial charge < -0.3 is 20.5 Å². The maximum Gasteiger partial charge on any atom is 0.248 e. The molecule has 5 rings (SSSR count). The van der Waals surface area contributed by atoms with Crippen LogP contribution in [0.1, 0.15) is 93.3 Å². The van der Waals surface area contributed by atoms with E-state index in [9.17, 15) is 18.3 Å². The number of carbonyl (C=O) groups is 1. The summed E-state index contributed by atoms with van der Waals surface area (Å²) in [5, 5.41) is 10.6. The number of nitrogens with zero attached hydrogens (tertiary/aromatic N) is 2. The molecule has 8 nitrogen and oxygen atoms in total. The normalized spacial score (nSPS) is 24.2. The standard InChI is InChI=1S/C36H49N3O5S/c1-4-7-9-13-32(40)28-16-14-26(28)22-39-23-36(24-44-33-18-15-25(35(37)41)21-31(33)39)20-10-12-30-29(36)17-19-34(38-30)45(42,43)27(6-3)11-8-5-2/h5,9,13,15,17-19,21,26-28,32,40H,2,4,6-8,10-12,14,16,20,22-24H2,1,3H3,(H2,37,41)/b13-9+/t26-,27+,28+,32-,36?/m0/s1. The van der Waals surface area contributed by atoms with Crippen molar-refractivity contribution in [3.63, 3.8) is 0 Å². The number of carbonyl (C=O) groups excluding carboxylic acids is 1. The van der Waals surface area contributed by atoms with Crippen LogP contribution in [0.5, 0.6) is 5.75 Å². The smallest absolute Gasteiger partial charge is 0.248 e. The Bertz CT molecular complexity index is 1520. The molecule has 244 valence electrons. The molecule has 0 saturated heterocycles. The minimum Gasteiger partial charge on any atom is -0.490 e. The first-order chi connectivity index (χ1) is 21.6. The molecule has 3 N–H and O–H groups in total. The van der Waals surface area contributed by atoms with Crippen molar-refractivity contribution in [3.05, 3.63) is 72.0 Å². The van der Waals surface area contributed by atoms with Gasteiger partial charge >= 0.3 is 0 Å². The first-order valence-corrected chi connectivity index (χ1v) is 18.2. The number of nitrogens with two attached hydrogens (primary N) is 1. The van der Waals surface area contributed by atoms with E-state index in [-0.39, 0.29) is 16.9 Å². The van der Waals surface area contributed by atoms with Crippen LogP contribution in [-0.4, -0.2) is 55.5 Å². The number of aliphatic hydroxyl groups is 1. The summed E-state index contributed by atoms with van der Waals surface area (Å²) in [4.78, 5) is 19.3. The number of hydrogen-bond donors (Lipinski definition) is 2. The fourth-order valence-electron chi connectivity index (χ4n) is 7.42. The number of aromatic nitrogens is 1. The van der Waals surface area contributed by atoms with E-state index >= 15 is 0 Å². The van der Waals surface area contributed by atoms with Crippen molar-refractivity contribution in [2.75, 3.05) is 24.6 Å². The molecule has 1 saturated carbocycles. The minimum absolute atomic E-state index is 0.150. The van der Waals surface area contributed by atoms with Gasteiger partial charge in [0.2, 0.25) is 5.91 Å². The first kappa shape index (κ1) is 33.2. The topological polar surface area (TPSA) is 123 Å². The second-order valence-corrected chi connectivity index (χ2v) is 15.3. The maximum absolute atomic E-state index is 13.6. The molecule has 1 spiro atoms. The van der Waals surface area contributed by atoms with Crippen molar-refractivity contribution >= 4 is 21.4 Å². The highest BCUT2D eigenvalue weighted by Crippen LogP contribution is 2.46. The molecule has 3 aliphatic rings. The summed E-state index contributed by atoms with van der Waals surface area (Å²) in [7, 11) is -3.58. The lowest BCUT2D eigenvalue weighted by atomic mass is 9.69. The lowest BCUT2D eigenvalue weighted by Crippen LogP contribution is -2.49. The van der Waals surface area contributed by atoms with Crippen molar-refractivity contribution in [1.82, 2.24) is 4.98 Å². The van der Waals surface area contributed by atoms with Crippen molar-refractivity contribution in [2.24, 2.45) is 17.6 Å². The predicted molar refractivity (Wildman–Crippen MR) is 178 cm³/mol. The summed E-state index contributed by atoms with van der Waals surface area (Å²) in [6.45, 7) is 9.55. The largest absolute Gasteiger partial charge is 0.490 e. The molecule has 1 aromatic heterocycles. The van der Waals surface area contributed by atoms with E-state index in [4.69, 9.17) is 15.5 Å². The third-order valence-electron chi connectivity index (χ3n) is 10.2. The predicted octanol–water partition coefficient (Wildman–Crippen LogP) is 5.92. The van der Waals surface area contributed by atoms with E-state index in [1.807, 2.05) is 31.2 Å². The third kappa shape index (κ3) is 6.85. The molecular formula is C36H49N3O5S. The molecule has 1 aromatic carbocycles. The van der Waals surface area contributed by atoms with Gasteiger partial charge in [-0.2, -0.15) is 0 Å². The van der Waals surface area contributed by atoms with Crippen LogP contribution in [-0.2, 0) is 21.7 Å². The summed E-state index contributed by atoms with van der Waals surface area (Å²) < 4.78 is 33.7. The van der Waals surface area contributed by atoms with Gasteiger partial charge in [0.05, 0.1) is 23.6 Å². The Morgan fingerprint density at radius 3 is 2.76 bits per heavy atom. The highest BCUT2D eigenvalue weighted by Gasteiger charge is 2.45. The number of sulfone groups is 1. The van der Waals surface area contributed by atoms with Gasteiger partial charge in [-0.1, -0.05) is 44.6 Å². The second kappa shape index (κ2) is 14.1. The van der Waals surface area contributed by atoms with E-state index < -0.39 is 32.5 Å². The van der Waals surface area contributed by atoms with Crippen LogP contribution in [0.15, 0.2) is 60.2 Å². The quantitative estimate of drug-likeness (QED) is 0.262. The van der Waals surface area contributed by atoms with Gasteiger partial charge in [-0.3, -0.25) is 4.79 Å². The summed E-state index contributed by atoms with van der Waals surface area (Å²) in [6, 6.07) is 9.01. The molecule has 0 bridgehead atoms. The number of fused-ring (bicyclic) bond motifs is 3. The maximum atomic E-state index is 13.6. The Morgan fingerprint density at radius 2 is 2.07 bits per heavy atom. The molecule has 2 heterocycles. The van der Waals surface area contributed by atoms with Gasteiger partial charge in [0.1, 0.15) is 5.75 Å². The van der Waals surface area contributed by atoms with Crippen LogP contribution in [0.4, 0.5) is 5.69 Å². The number of amides is 1. The molecule has 5 atom stereocenters. The molecule has 0 radical (unpaired) electrons. The van der Waals surface area contributed by atoms with Crippen molar-refractivity contribution in [3.8, 4) is 5.75 Å². The fourth-order valence-corrected chi connectivity index (χ4v) is 9.15. The van der Waals surface area contributed by atoms with Crippen LogP contribution in [0.3, 0.4) is 0 Å². The average molecular weight is 636 g/mol. The Balaban J connectivity index is 1.49. The third-order valence-corrected chi connectivity index (χ3v) is 12.5. The SMILES string of the molecule is C=CCC[C@@H](CC)S(=O)(=O)c1ccc2c(n1)CCCC21COc2ccc(C(N)=O)cc2N(C[C@@H]2CC[C@H]2[C@@H](O)/C=C/CCC)C1. The molecular weight excluding hydrogens is 586 g/mol. The number of ether oxygens (including phenoxy) is 1. The van der Waals surface area contributed by atoms with Crippen LogP contribution < -0.4 is 15.4 Å². The summed E-state index contributed by atoms with van der Waals surface area (Å²) in [6.07, 6.45) is 13.4. The number of primary amides is 1. The van der Waals surface area contributed by atoms with Gasteiger partial charge in [0.15, 0.2) is 14.9 Å². The number of rotatable bonds is 13. The number of anilines is 1. The Hall–Kier alpha value is -3.17. The number of unbranched alkanes of at least 4 members (excludes halogenated alkanes) is 1. The summed E-state index contributed by atoms with van der Waals surface area (Å²) in [5.74, 6) is 0.654. The van der Waals surface area contributed by atoms with Crippen LogP contribution in [0.25, 0.3) is 0 Å². The molecule has 1 fully saturated rings. The molecule has 2 aliphatic carbocycles. The first-order valence-electron chi connectivity index (χ1n) is 16.6. The van der Waals surface area contributed by atoms with Gasteiger partial charge in [0.25, 0.3) is 0 Å². The molecule has 1 aliphatic heterocycles. The lowest BCUT2D eigenvalue weighted by molar-refractivity contribution is 0.0456. The molecule has 2 aromatic rings. The zero-order valence-corrected chi connectivity index (χ0v) is 27.6. The van der Waals surface area contributed by atoms with E-state index in [1.54, 1.807) is 18.2 Å². The summed E-state index contributed by atoms with van der Waals surface area (Å²) >= 11 is 0. The monoisotopic (exact) mass is 635 g/mol. The van der Waals surface area contributed by atoms with Crippen LogP contribution in [0.2, 0.25) is 0 Å². The van der Waals surface area contributed by atoms with E-state index in [2.05, 4.69) is 24.5 Å². The van der Waals surface area contributed by atoms with Gasteiger partial charge in [-0.15, -0.1) is 6.58 Å². The van der Waals surface area contributed by atoms with E-state index in [0.29, 0.717) is 56.7 Å². The number of pyridine rings is 1. The number of benzene rings is 1. The highest BCUT2D eigenvalue weighted by atomic mass is 32.2. The van der Waals surface area contributed by atoms with Crippen molar-refractivity contribution in [2.45, 2.75) is 99.9 Å². The number of aryl methyl sites for hydroxylation is 1. The van der Waals surface area contributed by atoms with Crippen LogP contribution >= 0.6 is 0 Å². The lowest BCUT2D eigenvalue weighted by Gasteiger charge is -2.45. The molecule has 1 unspecified atom stereocenters. The molecule has 45 heavy (non-hydrogen) atoms. The second-order valence-electron chi connectivity index (χ2n) is 13.1. The zero-order chi connectivity index (χ0) is 32.2. The summed E-state index contributed by atoms with van der Waals surface area (Å²) in [5.41, 5.74) is 8.39. The van der Waals surface area contributed by atoms with Crippen molar-refractivity contribution in [1.29, 1.82) is 0 Å². The molecule has 1 amide bonds. The number of aliphatic hydroxyl groups excluding tert-OH is 1. The minimum atomic E-state index is -3.58. The van der Waals surface area contributed by atoms with E-state index in [0.717, 1.165) is 55.5 Å². The Kier molecular flexibility index (Phi) is 10.4. The number of allylic oxidation sites excluding steroid dienone is 2.